The maximum absolute atomic E-state index is 12.2. The van der Waals surface area contributed by atoms with Crippen molar-refractivity contribution in [1.29, 1.82) is 0 Å². The molecule has 1 fully saturated rings. The number of aromatic nitrogens is 2. The van der Waals surface area contributed by atoms with Crippen LogP contribution in [-0.2, 0) is 22.5 Å². The lowest BCUT2D eigenvalue weighted by Crippen LogP contribution is -2.40. The monoisotopic (exact) mass is 333 g/mol. The Labute approximate surface area is 141 Å². The summed E-state index contributed by atoms with van der Waals surface area (Å²) >= 11 is 0. The zero-order valence-corrected chi connectivity index (χ0v) is 14.3. The van der Waals surface area contributed by atoms with Crippen LogP contribution in [0.15, 0.2) is 6.20 Å². The van der Waals surface area contributed by atoms with Gasteiger partial charge in [-0.25, -0.2) is 14.8 Å². The predicted octanol–water partition coefficient (Wildman–Crippen LogP) is 0.834. The summed E-state index contributed by atoms with van der Waals surface area (Å²) in [5.74, 6) is 0.353. The molecule has 2 aliphatic heterocycles. The van der Waals surface area contributed by atoms with Gasteiger partial charge in [0.2, 0.25) is 11.9 Å². The molecule has 1 aromatic heterocycles. The minimum absolute atomic E-state index is 0.0476. The van der Waals surface area contributed by atoms with Crippen LogP contribution in [0.1, 0.15) is 38.4 Å². The van der Waals surface area contributed by atoms with Crippen molar-refractivity contribution in [2.45, 2.75) is 51.8 Å². The third-order valence-electron chi connectivity index (χ3n) is 3.97. The van der Waals surface area contributed by atoms with Crippen LogP contribution in [0.4, 0.5) is 10.7 Å². The lowest BCUT2D eigenvalue weighted by molar-refractivity contribution is -0.117. The van der Waals surface area contributed by atoms with E-state index in [1.807, 2.05) is 20.8 Å². The second kappa shape index (κ2) is 6.01. The van der Waals surface area contributed by atoms with Crippen LogP contribution in [-0.4, -0.2) is 51.6 Å². The third kappa shape index (κ3) is 3.48. The molecule has 2 aliphatic rings. The van der Waals surface area contributed by atoms with Crippen molar-refractivity contribution in [3.63, 3.8) is 0 Å². The van der Waals surface area contributed by atoms with E-state index in [9.17, 15) is 9.59 Å². The Balaban J connectivity index is 1.73. The molecule has 0 spiro atoms. The first-order valence-corrected chi connectivity index (χ1v) is 8.11. The average molecular weight is 333 g/mol. The van der Waals surface area contributed by atoms with Crippen molar-refractivity contribution in [3.05, 3.63) is 17.5 Å². The fourth-order valence-corrected chi connectivity index (χ4v) is 2.85. The number of amides is 2. The van der Waals surface area contributed by atoms with E-state index in [-0.39, 0.29) is 18.0 Å². The van der Waals surface area contributed by atoms with Crippen molar-refractivity contribution in [2.24, 2.45) is 5.73 Å². The van der Waals surface area contributed by atoms with Gasteiger partial charge in [0.1, 0.15) is 5.60 Å². The van der Waals surface area contributed by atoms with Crippen LogP contribution in [0.2, 0.25) is 0 Å². The minimum Gasteiger partial charge on any atom is -0.444 e. The topological polar surface area (TPSA) is 102 Å². The van der Waals surface area contributed by atoms with Gasteiger partial charge >= 0.3 is 6.09 Å². The van der Waals surface area contributed by atoms with Crippen LogP contribution < -0.4 is 10.6 Å². The summed E-state index contributed by atoms with van der Waals surface area (Å²) in [6.07, 6.45) is 2.29. The summed E-state index contributed by atoms with van der Waals surface area (Å²) < 4.78 is 5.40. The van der Waals surface area contributed by atoms with Gasteiger partial charge in [-0.3, -0.25) is 9.69 Å². The molecule has 0 saturated carbocycles. The Morgan fingerprint density at radius 1 is 1.42 bits per heavy atom. The van der Waals surface area contributed by atoms with Crippen LogP contribution in [0, 0.1) is 0 Å². The molecule has 0 aromatic carbocycles. The Morgan fingerprint density at radius 3 is 2.79 bits per heavy atom. The Morgan fingerprint density at radius 2 is 2.17 bits per heavy atom. The lowest BCUT2D eigenvalue weighted by atomic mass is 10.1. The van der Waals surface area contributed by atoms with Gasteiger partial charge in [-0.1, -0.05) is 0 Å². The lowest BCUT2D eigenvalue weighted by Gasteiger charge is -2.31. The summed E-state index contributed by atoms with van der Waals surface area (Å²) in [7, 11) is 0. The highest BCUT2D eigenvalue weighted by Gasteiger charge is 2.31. The predicted molar refractivity (Wildman–Crippen MR) is 87.3 cm³/mol. The van der Waals surface area contributed by atoms with Gasteiger partial charge in [0, 0.05) is 43.7 Å². The van der Waals surface area contributed by atoms with Gasteiger partial charge in [0.15, 0.2) is 0 Å². The van der Waals surface area contributed by atoms with E-state index in [1.165, 1.54) is 4.90 Å². The number of rotatable bonds is 1. The number of nitrogens with two attached hydrogens (primary N) is 1. The number of ether oxygens (including phenoxy) is 1. The van der Waals surface area contributed by atoms with E-state index in [4.69, 9.17) is 10.5 Å². The molecule has 3 rings (SSSR count). The molecule has 2 N–H and O–H groups in total. The van der Waals surface area contributed by atoms with Gasteiger partial charge in [0.05, 0.1) is 12.2 Å². The molecule has 3 heterocycles. The summed E-state index contributed by atoms with van der Waals surface area (Å²) in [5.41, 5.74) is 7.05. The molecule has 0 aliphatic carbocycles. The fourth-order valence-electron chi connectivity index (χ4n) is 2.85. The molecule has 1 aromatic rings. The van der Waals surface area contributed by atoms with Crippen molar-refractivity contribution < 1.29 is 14.3 Å². The Kier molecular flexibility index (Phi) is 4.16. The van der Waals surface area contributed by atoms with Crippen LogP contribution in [0.3, 0.4) is 0 Å². The Hall–Kier alpha value is -2.22. The zero-order valence-electron chi connectivity index (χ0n) is 14.3. The van der Waals surface area contributed by atoms with Crippen LogP contribution >= 0.6 is 0 Å². The smallest absolute Gasteiger partial charge is 0.410 e. The van der Waals surface area contributed by atoms with Crippen LogP contribution in [0.5, 0.6) is 0 Å². The number of anilines is 1. The standard InChI is InChI=1S/C16H23N5O3/c1-16(2,3)24-15(23)20-5-4-12-10(8-20)7-18-14(19-12)21-9-11(17)6-13(21)22/h7,11H,4-6,8-9,17H2,1-3H3. The van der Waals surface area contributed by atoms with Gasteiger partial charge < -0.3 is 15.4 Å². The zero-order chi connectivity index (χ0) is 17.5. The molecular weight excluding hydrogens is 310 g/mol. The van der Waals surface area contributed by atoms with Crippen molar-refractivity contribution in [2.75, 3.05) is 18.0 Å². The maximum Gasteiger partial charge on any atom is 0.410 e. The number of fused-ring (bicyclic) bond motifs is 1. The molecule has 8 heteroatoms. The summed E-state index contributed by atoms with van der Waals surface area (Å²) in [4.78, 5) is 36.1. The first-order chi connectivity index (χ1) is 11.2. The van der Waals surface area contributed by atoms with Crippen molar-refractivity contribution in [3.8, 4) is 0 Å². The molecule has 1 saturated heterocycles. The van der Waals surface area contributed by atoms with E-state index in [0.29, 0.717) is 38.4 Å². The van der Waals surface area contributed by atoms with Gasteiger partial charge in [0.25, 0.3) is 0 Å². The average Bonchev–Trinajstić information content (AvgIpc) is 2.83. The second-order valence-corrected chi connectivity index (χ2v) is 7.26. The van der Waals surface area contributed by atoms with Crippen molar-refractivity contribution in [1.82, 2.24) is 14.9 Å². The summed E-state index contributed by atoms with van der Waals surface area (Å²) in [5, 5.41) is 0. The van der Waals surface area contributed by atoms with Crippen molar-refractivity contribution >= 4 is 17.9 Å². The molecule has 2 amide bonds. The highest BCUT2D eigenvalue weighted by atomic mass is 16.6. The number of hydrogen-bond acceptors (Lipinski definition) is 6. The Bertz CT molecular complexity index is 670. The third-order valence-corrected chi connectivity index (χ3v) is 3.97. The molecule has 0 bridgehead atoms. The molecule has 1 unspecified atom stereocenters. The van der Waals surface area contributed by atoms with Crippen LogP contribution in [0.25, 0.3) is 0 Å². The molecule has 8 nitrogen and oxygen atoms in total. The van der Waals surface area contributed by atoms with E-state index in [2.05, 4.69) is 9.97 Å². The minimum atomic E-state index is -0.521. The summed E-state index contributed by atoms with van der Waals surface area (Å²) in [6, 6.07) is -0.167. The van der Waals surface area contributed by atoms with E-state index in [1.54, 1.807) is 11.1 Å². The second-order valence-electron chi connectivity index (χ2n) is 7.26. The number of hydrogen-bond donors (Lipinski definition) is 1. The van der Waals surface area contributed by atoms with Gasteiger partial charge in [-0.2, -0.15) is 0 Å². The van der Waals surface area contributed by atoms with Gasteiger partial charge in [-0.05, 0) is 20.8 Å². The SMILES string of the molecule is CC(C)(C)OC(=O)N1CCc2nc(N3CC(N)CC3=O)ncc2C1. The first-order valence-electron chi connectivity index (χ1n) is 8.11. The van der Waals surface area contributed by atoms with E-state index in [0.717, 1.165) is 11.3 Å². The first kappa shape index (κ1) is 16.6. The largest absolute Gasteiger partial charge is 0.444 e. The van der Waals surface area contributed by atoms with E-state index < -0.39 is 5.60 Å². The highest BCUT2D eigenvalue weighted by Crippen LogP contribution is 2.23. The normalized spacial score (nSPS) is 21.0. The number of nitrogens with zero attached hydrogens (tertiary/aromatic N) is 4. The molecular formula is C16H23N5O3. The quantitative estimate of drug-likeness (QED) is 0.817. The molecule has 24 heavy (non-hydrogen) atoms. The molecule has 130 valence electrons. The number of carbonyl (C=O) groups excluding carboxylic acids is 2. The highest BCUT2D eigenvalue weighted by molar-refractivity contribution is 5.94. The summed E-state index contributed by atoms with van der Waals surface area (Å²) in [6.45, 7) is 6.92. The van der Waals surface area contributed by atoms with Gasteiger partial charge in [-0.15, -0.1) is 0 Å². The fraction of sp³-hybridized carbons (Fsp3) is 0.625. The number of carbonyl (C=O) groups is 2. The van der Waals surface area contributed by atoms with E-state index >= 15 is 0 Å². The molecule has 0 radical (unpaired) electrons. The maximum atomic E-state index is 12.2. The molecule has 1 atom stereocenters.